The van der Waals surface area contributed by atoms with E-state index < -0.39 is 0 Å². The van der Waals surface area contributed by atoms with Crippen LogP contribution in [0.15, 0.2) is 29.3 Å². The number of benzene rings is 1. The Morgan fingerprint density at radius 1 is 1.33 bits per heavy atom. The maximum absolute atomic E-state index is 5.35. The molecule has 0 amide bonds. The molecule has 0 aromatic heterocycles. The molecule has 0 aliphatic carbocycles. The van der Waals surface area contributed by atoms with Gasteiger partial charge in [0.25, 0.3) is 0 Å². The van der Waals surface area contributed by atoms with E-state index in [2.05, 4.69) is 20.9 Å². The third-order valence-electron chi connectivity index (χ3n) is 1.85. The average molecular weight is 270 g/mol. The highest BCUT2D eigenvalue weighted by Gasteiger charge is 1.91. The fourth-order valence-corrected chi connectivity index (χ4v) is 1.39. The van der Waals surface area contributed by atoms with Crippen LogP contribution >= 0.6 is 15.9 Å². The van der Waals surface area contributed by atoms with E-state index in [1.165, 1.54) is 0 Å². The summed E-state index contributed by atoms with van der Waals surface area (Å²) in [5.74, 6) is 0.912. The first-order valence-electron chi connectivity index (χ1n) is 5.15. The summed E-state index contributed by atoms with van der Waals surface area (Å²) in [7, 11) is 0. The lowest BCUT2D eigenvalue weighted by atomic mass is 10.2. The van der Waals surface area contributed by atoms with Crippen molar-refractivity contribution in [3.63, 3.8) is 0 Å². The third kappa shape index (κ3) is 4.98. The maximum Gasteiger partial charge on any atom is 0.119 e. The molecule has 0 saturated heterocycles. The fourth-order valence-electron chi connectivity index (χ4n) is 1.14. The van der Waals surface area contributed by atoms with E-state index in [0.717, 1.165) is 29.6 Å². The lowest BCUT2D eigenvalue weighted by molar-refractivity contribution is 0.340. The number of aliphatic imine (C=N–C) groups is 1. The van der Waals surface area contributed by atoms with E-state index >= 15 is 0 Å². The Kier molecular flexibility index (Phi) is 6.09. The molecular weight excluding hydrogens is 254 g/mol. The molecule has 0 radical (unpaired) electrons. The van der Waals surface area contributed by atoms with Crippen LogP contribution in [0.5, 0.6) is 5.75 Å². The van der Waals surface area contributed by atoms with Crippen molar-refractivity contribution in [3.05, 3.63) is 29.8 Å². The van der Waals surface area contributed by atoms with Gasteiger partial charge >= 0.3 is 0 Å². The molecule has 3 heteroatoms. The van der Waals surface area contributed by atoms with Crippen molar-refractivity contribution in [1.29, 1.82) is 0 Å². The van der Waals surface area contributed by atoms with Gasteiger partial charge in [0.1, 0.15) is 5.75 Å². The van der Waals surface area contributed by atoms with E-state index in [1.807, 2.05) is 37.4 Å². The smallest absolute Gasteiger partial charge is 0.119 e. The van der Waals surface area contributed by atoms with Gasteiger partial charge < -0.3 is 4.74 Å². The second kappa shape index (κ2) is 7.46. The summed E-state index contributed by atoms with van der Waals surface area (Å²) in [5, 5.41) is 1.01. The Morgan fingerprint density at radius 3 is 2.67 bits per heavy atom. The molecule has 0 aliphatic heterocycles. The lowest BCUT2D eigenvalue weighted by Crippen LogP contribution is -1.91. The SMILES string of the molecule is CCOc1ccc(C=NCCCBr)cc1. The fraction of sp³-hybridized carbons (Fsp3) is 0.417. The van der Waals surface area contributed by atoms with Gasteiger partial charge in [0.05, 0.1) is 6.61 Å². The number of ether oxygens (including phenoxy) is 1. The van der Waals surface area contributed by atoms with Crippen LogP contribution in [0.25, 0.3) is 0 Å². The zero-order valence-electron chi connectivity index (χ0n) is 8.95. The van der Waals surface area contributed by atoms with E-state index in [0.29, 0.717) is 6.61 Å². The highest BCUT2D eigenvalue weighted by molar-refractivity contribution is 9.09. The van der Waals surface area contributed by atoms with Gasteiger partial charge in [-0.15, -0.1) is 0 Å². The van der Waals surface area contributed by atoms with E-state index in [9.17, 15) is 0 Å². The van der Waals surface area contributed by atoms with Gasteiger partial charge in [0.2, 0.25) is 0 Å². The number of nitrogens with zero attached hydrogens (tertiary/aromatic N) is 1. The summed E-state index contributed by atoms with van der Waals surface area (Å²) < 4.78 is 5.35. The summed E-state index contributed by atoms with van der Waals surface area (Å²) in [4.78, 5) is 4.31. The number of hydrogen-bond acceptors (Lipinski definition) is 2. The summed E-state index contributed by atoms with van der Waals surface area (Å²) in [6, 6.07) is 7.97. The molecule has 0 fully saturated rings. The highest BCUT2D eigenvalue weighted by Crippen LogP contribution is 2.10. The predicted octanol–water partition coefficient (Wildman–Crippen LogP) is 3.29. The summed E-state index contributed by atoms with van der Waals surface area (Å²) >= 11 is 3.37. The van der Waals surface area contributed by atoms with Crippen LogP contribution in [-0.4, -0.2) is 24.7 Å². The van der Waals surface area contributed by atoms with Crippen molar-refractivity contribution in [2.75, 3.05) is 18.5 Å². The van der Waals surface area contributed by atoms with Gasteiger partial charge in [-0.25, -0.2) is 0 Å². The minimum Gasteiger partial charge on any atom is -0.494 e. The second-order valence-corrected chi connectivity index (χ2v) is 3.87. The van der Waals surface area contributed by atoms with Crippen LogP contribution in [0.3, 0.4) is 0 Å². The molecule has 0 saturated carbocycles. The Morgan fingerprint density at radius 2 is 2.07 bits per heavy atom. The first-order valence-corrected chi connectivity index (χ1v) is 6.27. The van der Waals surface area contributed by atoms with Crippen LogP contribution in [0.4, 0.5) is 0 Å². The first-order chi connectivity index (χ1) is 7.36. The highest BCUT2D eigenvalue weighted by atomic mass is 79.9. The van der Waals surface area contributed by atoms with Crippen molar-refractivity contribution in [3.8, 4) is 5.75 Å². The Balaban J connectivity index is 2.45. The molecule has 1 aromatic rings. The lowest BCUT2D eigenvalue weighted by Gasteiger charge is -2.01. The summed E-state index contributed by atoms with van der Waals surface area (Å²) in [6.45, 7) is 3.56. The van der Waals surface area contributed by atoms with Crippen LogP contribution in [0.2, 0.25) is 0 Å². The van der Waals surface area contributed by atoms with Crippen molar-refractivity contribution < 1.29 is 4.74 Å². The second-order valence-electron chi connectivity index (χ2n) is 3.08. The summed E-state index contributed by atoms with van der Waals surface area (Å²) in [6.07, 6.45) is 2.98. The molecule has 0 unspecified atom stereocenters. The van der Waals surface area contributed by atoms with Crippen molar-refractivity contribution >= 4 is 22.1 Å². The number of halogens is 1. The molecule has 82 valence electrons. The largest absolute Gasteiger partial charge is 0.494 e. The zero-order chi connectivity index (χ0) is 10.9. The molecule has 15 heavy (non-hydrogen) atoms. The third-order valence-corrected chi connectivity index (χ3v) is 2.41. The average Bonchev–Trinajstić information content (AvgIpc) is 2.27. The first kappa shape index (κ1) is 12.2. The molecule has 0 N–H and O–H groups in total. The van der Waals surface area contributed by atoms with E-state index in [-0.39, 0.29) is 0 Å². The van der Waals surface area contributed by atoms with Gasteiger partial charge in [0.15, 0.2) is 0 Å². The topological polar surface area (TPSA) is 21.6 Å². The van der Waals surface area contributed by atoms with Crippen LogP contribution < -0.4 is 4.74 Å². The number of alkyl halides is 1. The standard InChI is InChI=1S/C12H16BrNO/c1-2-15-12-6-4-11(5-7-12)10-14-9-3-8-13/h4-7,10H,2-3,8-9H2,1H3. The zero-order valence-corrected chi connectivity index (χ0v) is 10.5. The normalized spacial score (nSPS) is 10.8. The van der Waals surface area contributed by atoms with E-state index in [1.54, 1.807) is 0 Å². The molecule has 1 aromatic carbocycles. The maximum atomic E-state index is 5.35. The van der Waals surface area contributed by atoms with Gasteiger partial charge in [-0.3, -0.25) is 4.99 Å². The minimum absolute atomic E-state index is 0.707. The van der Waals surface area contributed by atoms with Crippen molar-refractivity contribution in [1.82, 2.24) is 0 Å². The molecule has 1 rings (SSSR count). The van der Waals surface area contributed by atoms with Crippen molar-refractivity contribution in [2.45, 2.75) is 13.3 Å². The Labute approximate surface area is 99.5 Å². The van der Waals surface area contributed by atoms with E-state index in [4.69, 9.17) is 4.74 Å². The Bertz CT molecular complexity index is 295. The van der Waals surface area contributed by atoms with Crippen LogP contribution in [0.1, 0.15) is 18.9 Å². The molecule has 0 bridgehead atoms. The van der Waals surface area contributed by atoms with Gasteiger partial charge in [-0.2, -0.15) is 0 Å². The molecular formula is C12H16BrNO. The molecule has 0 spiro atoms. The van der Waals surface area contributed by atoms with Crippen LogP contribution in [0, 0.1) is 0 Å². The van der Waals surface area contributed by atoms with Crippen molar-refractivity contribution in [2.24, 2.45) is 4.99 Å². The molecule has 0 aliphatic rings. The number of rotatable bonds is 6. The van der Waals surface area contributed by atoms with Crippen LogP contribution in [-0.2, 0) is 0 Å². The summed E-state index contributed by atoms with van der Waals surface area (Å²) in [5.41, 5.74) is 1.12. The van der Waals surface area contributed by atoms with Gasteiger partial charge in [0, 0.05) is 18.1 Å². The molecule has 2 nitrogen and oxygen atoms in total. The molecule has 0 heterocycles. The quantitative estimate of drug-likeness (QED) is 0.441. The minimum atomic E-state index is 0.707. The predicted molar refractivity (Wildman–Crippen MR) is 68.5 cm³/mol. The van der Waals surface area contributed by atoms with Gasteiger partial charge in [-0.1, -0.05) is 15.9 Å². The van der Waals surface area contributed by atoms with Gasteiger partial charge in [-0.05, 0) is 43.2 Å². The molecule has 0 atom stereocenters. The monoisotopic (exact) mass is 269 g/mol. The number of hydrogen-bond donors (Lipinski definition) is 0. The Hall–Kier alpha value is -0.830.